The average Bonchev–Trinajstić information content (AvgIpc) is 3.70. The number of H-pyrrole nitrogens is 3. The van der Waals surface area contributed by atoms with Crippen molar-refractivity contribution in [2.75, 3.05) is 0 Å². The number of carbonyl (C=O) groups excluding carboxylic acids is 3. The first-order valence-electron chi connectivity index (χ1n) is 12.2. The van der Waals surface area contributed by atoms with Crippen LogP contribution in [0.25, 0.3) is 0 Å². The van der Waals surface area contributed by atoms with Crippen molar-refractivity contribution >= 4 is 29.7 Å². The van der Waals surface area contributed by atoms with Gasteiger partial charge < -0.3 is 46.8 Å². The number of hydrogen-bond acceptors (Lipinski definition) is 9. The average molecular weight is 559 g/mol. The van der Waals surface area contributed by atoms with E-state index in [2.05, 4.69) is 45.9 Å². The predicted octanol–water partition coefficient (Wildman–Crippen LogP) is -2.39. The van der Waals surface area contributed by atoms with Crippen molar-refractivity contribution < 1.29 is 34.2 Å². The highest BCUT2D eigenvalue weighted by atomic mass is 16.4. The highest BCUT2D eigenvalue weighted by molar-refractivity contribution is 5.94. The van der Waals surface area contributed by atoms with Crippen molar-refractivity contribution in [2.24, 2.45) is 5.73 Å². The summed E-state index contributed by atoms with van der Waals surface area (Å²) in [7, 11) is 0. The molecule has 4 unspecified atom stereocenters. The van der Waals surface area contributed by atoms with Gasteiger partial charge in [-0.15, -0.1) is 0 Å². The van der Waals surface area contributed by atoms with E-state index in [1.165, 1.54) is 37.6 Å². The molecule has 0 spiro atoms. The summed E-state index contributed by atoms with van der Waals surface area (Å²) in [5.74, 6) is -4.97. The van der Waals surface area contributed by atoms with Crippen LogP contribution in [0.4, 0.5) is 0 Å². The fourth-order valence-corrected chi connectivity index (χ4v) is 3.73. The summed E-state index contributed by atoms with van der Waals surface area (Å²) in [6.07, 6.45) is 7.59. The zero-order valence-corrected chi connectivity index (χ0v) is 21.2. The Balaban J connectivity index is 1.73. The number of imidazole rings is 3. The van der Waals surface area contributed by atoms with Gasteiger partial charge in [-0.2, -0.15) is 0 Å². The van der Waals surface area contributed by atoms with Gasteiger partial charge in [-0.3, -0.25) is 19.2 Å². The Labute approximate surface area is 226 Å². The number of amides is 3. The van der Waals surface area contributed by atoms with Gasteiger partial charge in [0.2, 0.25) is 17.7 Å². The summed E-state index contributed by atoms with van der Waals surface area (Å²) in [5.41, 5.74) is 7.52. The molecule has 3 aromatic heterocycles. The number of carbonyl (C=O) groups is 5. The molecule has 214 valence electrons. The van der Waals surface area contributed by atoms with Crippen LogP contribution in [0.3, 0.4) is 0 Å². The van der Waals surface area contributed by atoms with Gasteiger partial charge in [0.25, 0.3) is 0 Å². The van der Waals surface area contributed by atoms with Crippen molar-refractivity contribution in [1.82, 2.24) is 45.9 Å². The molecule has 0 aliphatic carbocycles. The zero-order chi connectivity index (χ0) is 29.1. The Morgan fingerprint density at radius 3 is 1.62 bits per heavy atom. The summed E-state index contributed by atoms with van der Waals surface area (Å²) in [5, 5.41) is 26.0. The molecular weight excluding hydrogens is 528 g/mol. The lowest BCUT2D eigenvalue weighted by Gasteiger charge is -2.25. The highest BCUT2D eigenvalue weighted by Gasteiger charge is 2.31. The minimum atomic E-state index is -1.42. The Kier molecular flexibility index (Phi) is 10.5. The Morgan fingerprint density at radius 1 is 0.700 bits per heavy atom. The van der Waals surface area contributed by atoms with Gasteiger partial charge >= 0.3 is 11.9 Å². The molecule has 40 heavy (non-hydrogen) atoms. The lowest BCUT2D eigenvalue weighted by Crippen LogP contribution is -2.58. The summed E-state index contributed by atoms with van der Waals surface area (Å²) in [6, 6.07) is -5.09. The maximum Gasteiger partial charge on any atom is 0.326 e. The van der Waals surface area contributed by atoms with E-state index < -0.39 is 60.2 Å². The minimum Gasteiger partial charge on any atom is -0.481 e. The molecule has 0 bridgehead atoms. The number of rotatable bonds is 16. The molecular formula is C23H30N10O7. The molecule has 3 aromatic rings. The standard InChI is InChI=1S/C23H30N10O7/c24-15(3-12-6-25-9-28-12)20(36)32-17(4-13-7-26-10-29-13)22(38)31-16(1-2-19(34)35)21(37)33-18(23(39)40)5-14-8-27-11-30-14/h6-11,15-18H,1-5,24H2,(H,25,28)(H,26,29)(H,27,30)(H,31,38)(H,32,36)(H,33,37)(H,34,35)(H,39,40). The van der Waals surface area contributed by atoms with Crippen molar-refractivity contribution in [3.63, 3.8) is 0 Å². The first-order valence-corrected chi connectivity index (χ1v) is 12.2. The SMILES string of the molecule is NC(Cc1cnc[nH]1)C(=O)NC(Cc1cnc[nH]1)C(=O)NC(CCC(=O)O)C(=O)NC(Cc1cnc[nH]1)C(=O)O. The fourth-order valence-electron chi connectivity index (χ4n) is 3.73. The van der Waals surface area contributed by atoms with Gasteiger partial charge in [0.15, 0.2) is 0 Å². The number of nitrogens with zero attached hydrogens (tertiary/aromatic N) is 3. The molecule has 0 aliphatic rings. The first-order chi connectivity index (χ1) is 19.1. The second-order valence-corrected chi connectivity index (χ2v) is 8.90. The van der Waals surface area contributed by atoms with E-state index in [4.69, 9.17) is 10.8 Å². The number of nitrogens with one attached hydrogen (secondary N) is 6. The molecule has 17 heteroatoms. The number of nitrogens with two attached hydrogens (primary N) is 1. The van der Waals surface area contributed by atoms with Crippen molar-refractivity contribution in [3.8, 4) is 0 Å². The fraction of sp³-hybridized carbons (Fsp3) is 0.391. The van der Waals surface area contributed by atoms with Crippen LogP contribution in [0.15, 0.2) is 37.6 Å². The van der Waals surface area contributed by atoms with Gasteiger partial charge in [-0.25, -0.2) is 19.7 Å². The Bertz CT molecular complexity index is 1260. The van der Waals surface area contributed by atoms with Gasteiger partial charge in [0.1, 0.15) is 18.1 Å². The van der Waals surface area contributed by atoms with E-state index >= 15 is 0 Å². The molecule has 10 N–H and O–H groups in total. The Morgan fingerprint density at radius 2 is 1.15 bits per heavy atom. The van der Waals surface area contributed by atoms with Crippen LogP contribution in [-0.4, -0.2) is 93.9 Å². The molecule has 3 rings (SSSR count). The number of carboxylic acids is 2. The van der Waals surface area contributed by atoms with Gasteiger partial charge in [0.05, 0.1) is 25.0 Å². The van der Waals surface area contributed by atoms with Crippen LogP contribution in [0.1, 0.15) is 29.9 Å². The van der Waals surface area contributed by atoms with Gasteiger partial charge in [-0.1, -0.05) is 0 Å². The minimum absolute atomic E-state index is 0.0564. The second-order valence-electron chi connectivity index (χ2n) is 8.90. The summed E-state index contributed by atoms with van der Waals surface area (Å²) in [4.78, 5) is 82.1. The molecule has 0 fully saturated rings. The number of aliphatic carboxylic acids is 2. The molecule has 3 heterocycles. The van der Waals surface area contributed by atoms with E-state index in [0.717, 1.165) is 0 Å². The zero-order valence-electron chi connectivity index (χ0n) is 21.2. The van der Waals surface area contributed by atoms with Crippen molar-refractivity contribution in [1.29, 1.82) is 0 Å². The van der Waals surface area contributed by atoms with Crippen LogP contribution in [0.2, 0.25) is 0 Å². The van der Waals surface area contributed by atoms with Crippen molar-refractivity contribution in [2.45, 2.75) is 56.3 Å². The molecule has 0 saturated heterocycles. The quantitative estimate of drug-likeness (QED) is 0.0894. The largest absolute Gasteiger partial charge is 0.481 e. The smallest absolute Gasteiger partial charge is 0.326 e. The van der Waals surface area contributed by atoms with E-state index in [0.29, 0.717) is 17.1 Å². The van der Waals surface area contributed by atoms with Crippen LogP contribution in [-0.2, 0) is 43.2 Å². The van der Waals surface area contributed by atoms with Gasteiger partial charge in [-0.05, 0) is 6.42 Å². The van der Waals surface area contributed by atoms with Crippen LogP contribution < -0.4 is 21.7 Å². The third-order valence-corrected chi connectivity index (χ3v) is 5.82. The summed E-state index contributed by atoms with van der Waals surface area (Å²) in [6.45, 7) is 0. The maximum absolute atomic E-state index is 13.3. The van der Waals surface area contributed by atoms with E-state index in [9.17, 15) is 29.1 Å². The van der Waals surface area contributed by atoms with E-state index in [1.54, 1.807) is 0 Å². The first kappa shape index (κ1) is 29.5. The van der Waals surface area contributed by atoms with E-state index in [1.807, 2.05) is 0 Å². The number of hydrogen-bond donors (Lipinski definition) is 9. The highest BCUT2D eigenvalue weighted by Crippen LogP contribution is 2.06. The summed E-state index contributed by atoms with van der Waals surface area (Å²) < 4.78 is 0. The second kappa shape index (κ2) is 14.2. The predicted molar refractivity (Wildman–Crippen MR) is 135 cm³/mol. The topological polar surface area (TPSA) is 274 Å². The molecule has 4 atom stereocenters. The third-order valence-electron chi connectivity index (χ3n) is 5.82. The lowest BCUT2D eigenvalue weighted by molar-refractivity contribution is -0.143. The molecule has 0 saturated carbocycles. The molecule has 0 radical (unpaired) electrons. The van der Waals surface area contributed by atoms with Crippen LogP contribution >= 0.6 is 0 Å². The summed E-state index contributed by atoms with van der Waals surface area (Å²) >= 11 is 0. The molecule has 3 amide bonds. The van der Waals surface area contributed by atoms with Crippen LogP contribution in [0, 0.1) is 0 Å². The number of aromatic nitrogens is 6. The van der Waals surface area contributed by atoms with Crippen molar-refractivity contribution in [3.05, 3.63) is 54.7 Å². The van der Waals surface area contributed by atoms with Gasteiger partial charge in [0, 0.05) is 61.4 Å². The third kappa shape index (κ3) is 9.05. The lowest BCUT2D eigenvalue weighted by atomic mass is 10.1. The van der Waals surface area contributed by atoms with Crippen LogP contribution in [0.5, 0.6) is 0 Å². The number of aromatic amines is 3. The number of carboxylic acid groups (broad SMARTS) is 2. The molecule has 0 aliphatic heterocycles. The molecule has 17 nitrogen and oxygen atoms in total. The molecule has 0 aromatic carbocycles. The van der Waals surface area contributed by atoms with E-state index in [-0.39, 0.29) is 25.7 Å². The maximum atomic E-state index is 13.3. The normalized spacial score (nSPS) is 13.9. The Hall–Kier alpha value is -5.06. The monoisotopic (exact) mass is 558 g/mol.